The normalized spacial score (nSPS) is 21.8. The van der Waals surface area contributed by atoms with Crippen LogP contribution in [0.25, 0.3) is 0 Å². The van der Waals surface area contributed by atoms with Crippen LogP contribution in [-0.2, 0) is 16.0 Å². The van der Waals surface area contributed by atoms with Crippen LogP contribution < -0.4 is 0 Å². The number of rotatable bonds is 5. The lowest BCUT2D eigenvalue weighted by molar-refractivity contribution is -0.138. The average molecular weight is 338 g/mol. The molecule has 1 heterocycles. The molecule has 1 aromatic rings. The molecular formula is C21H26N2O2. The van der Waals surface area contributed by atoms with Crippen LogP contribution in [0, 0.1) is 0 Å². The second kappa shape index (κ2) is 8.47. The molecule has 1 saturated heterocycles. The quantitative estimate of drug-likeness (QED) is 0.773. The minimum absolute atomic E-state index is 0.0753. The topological polar surface area (TPSA) is 40.6 Å². The Kier molecular flexibility index (Phi) is 6.34. The Morgan fingerprint density at radius 2 is 1.88 bits per heavy atom. The molecule has 1 aromatic carbocycles. The fourth-order valence-corrected chi connectivity index (χ4v) is 3.17. The van der Waals surface area contributed by atoms with Gasteiger partial charge in [0.15, 0.2) is 0 Å². The molecule has 2 rings (SSSR count). The zero-order valence-electron chi connectivity index (χ0n) is 15.2. The van der Waals surface area contributed by atoms with E-state index < -0.39 is 6.04 Å². The van der Waals surface area contributed by atoms with Gasteiger partial charge in [-0.25, -0.2) is 0 Å². The number of carbonyl (C=O) groups is 2. The van der Waals surface area contributed by atoms with E-state index in [1.807, 2.05) is 25.1 Å². The highest BCUT2D eigenvalue weighted by atomic mass is 16.2. The Morgan fingerprint density at radius 1 is 1.20 bits per heavy atom. The van der Waals surface area contributed by atoms with Crippen molar-refractivity contribution < 1.29 is 9.59 Å². The second-order valence-corrected chi connectivity index (χ2v) is 6.15. The van der Waals surface area contributed by atoms with Gasteiger partial charge >= 0.3 is 0 Å². The summed E-state index contributed by atoms with van der Waals surface area (Å²) >= 11 is 0. The van der Waals surface area contributed by atoms with E-state index >= 15 is 0 Å². The van der Waals surface area contributed by atoms with Crippen LogP contribution in [0.5, 0.6) is 0 Å². The first kappa shape index (κ1) is 18.7. The third-order valence-corrected chi connectivity index (χ3v) is 4.55. The van der Waals surface area contributed by atoms with E-state index in [4.69, 9.17) is 0 Å². The summed E-state index contributed by atoms with van der Waals surface area (Å²) in [6.45, 7) is 7.87. The summed E-state index contributed by atoms with van der Waals surface area (Å²) in [5, 5.41) is 0. The fourth-order valence-electron chi connectivity index (χ4n) is 3.17. The summed E-state index contributed by atoms with van der Waals surface area (Å²) in [7, 11) is 1.71. The maximum atomic E-state index is 13.0. The molecule has 0 aliphatic carbocycles. The second-order valence-electron chi connectivity index (χ2n) is 6.15. The molecule has 1 fully saturated rings. The van der Waals surface area contributed by atoms with Gasteiger partial charge in [-0.2, -0.15) is 0 Å². The first-order chi connectivity index (χ1) is 12.0. The molecule has 4 nitrogen and oxygen atoms in total. The molecule has 2 amide bonds. The monoisotopic (exact) mass is 338 g/mol. The number of nitrogens with zero attached hydrogens (tertiary/aromatic N) is 2. The lowest BCUT2D eigenvalue weighted by Crippen LogP contribution is -2.45. The van der Waals surface area contributed by atoms with Crippen molar-refractivity contribution >= 4 is 11.8 Å². The molecule has 25 heavy (non-hydrogen) atoms. The Labute approximate surface area is 150 Å². The number of benzene rings is 1. The van der Waals surface area contributed by atoms with Gasteiger partial charge in [0.25, 0.3) is 5.91 Å². The molecule has 0 N–H and O–H groups in total. The predicted molar refractivity (Wildman–Crippen MR) is 101 cm³/mol. The lowest BCUT2D eigenvalue weighted by atomic mass is 10.1. The SMILES string of the molecule is C=C/C=C1/C(=O)N(CCCc2ccccc2)C(C)C(=O)N(C)/C1=C/C. The minimum Gasteiger partial charge on any atom is -0.327 e. The van der Waals surface area contributed by atoms with E-state index in [1.165, 1.54) is 5.56 Å². The molecule has 0 aromatic heterocycles. The van der Waals surface area contributed by atoms with Gasteiger partial charge in [0, 0.05) is 13.6 Å². The van der Waals surface area contributed by atoms with Gasteiger partial charge in [-0.1, -0.05) is 49.1 Å². The maximum absolute atomic E-state index is 13.0. The number of aryl methyl sites for hydroxylation is 1. The summed E-state index contributed by atoms with van der Waals surface area (Å²) in [5.74, 6) is -0.195. The van der Waals surface area contributed by atoms with Crippen molar-refractivity contribution in [1.82, 2.24) is 9.80 Å². The summed E-state index contributed by atoms with van der Waals surface area (Å²) in [4.78, 5) is 29.0. The van der Waals surface area contributed by atoms with Crippen LogP contribution in [0.3, 0.4) is 0 Å². The number of likely N-dealkylation sites (N-methyl/N-ethyl adjacent to an activating group) is 1. The summed E-state index contributed by atoms with van der Waals surface area (Å²) in [6, 6.07) is 9.68. The first-order valence-corrected chi connectivity index (χ1v) is 8.63. The highest BCUT2D eigenvalue weighted by Crippen LogP contribution is 2.25. The van der Waals surface area contributed by atoms with Crippen molar-refractivity contribution in [3.63, 3.8) is 0 Å². The molecule has 0 spiro atoms. The number of hydrogen-bond donors (Lipinski definition) is 0. The number of hydrogen-bond acceptors (Lipinski definition) is 2. The van der Waals surface area contributed by atoms with Crippen LogP contribution in [0.1, 0.15) is 25.8 Å². The van der Waals surface area contributed by atoms with Crippen LogP contribution in [-0.4, -0.2) is 41.2 Å². The van der Waals surface area contributed by atoms with Gasteiger partial charge in [-0.3, -0.25) is 9.59 Å². The number of allylic oxidation sites excluding steroid dienone is 3. The Bertz CT molecular complexity index is 704. The van der Waals surface area contributed by atoms with Gasteiger partial charge in [-0.05, 0) is 38.3 Å². The van der Waals surface area contributed by atoms with Crippen LogP contribution >= 0.6 is 0 Å². The molecule has 1 atom stereocenters. The Balaban J connectivity index is 2.23. The van der Waals surface area contributed by atoms with Gasteiger partial charge in [0.1, 0.15) is 6.04 Å². The molecule has 132 valence electrons. The molecule has 0 bridgehead atoms. The predicted octanol–water partition coefficient (Wildman–Crippen LogP) is 3.32. The third-order valence-electron chi connectivity index (χ3n) is 4.55. The van der Waals surface area contributed by atoms with E-state index in [1.54, 1.807) is 42.0 Å². The molecule has 4 heteroatoms. The Morgan fingerprint density at radius 3 is 2.48 bits per heavy atom. The van der Waals surface area contributed by atoms with Crippen molar-refractivity contribution in [2.75, 3.05) is 13.6 Å². The van der Waals surface area contributed by atoms with Crippen molar-refractivity contribution in [3.8, 4) is 0 Å². The molecule has 1 aliphatic rings. The third kappa shape index (κ3) is 4.08. The van der Waals surface area contributed by atoms with Gasteiger partial charge in [0.05, 0.1) is 11.3 Å². The zero-order valence-corrected chi connectivity index (χ0v) is 15.2. The average Bonchev–Trinajstić information content (AvgIpc) is 2.69. The number of carbonyl (C=O) groups excluding carboxylic acids is 2. The molecule has 1 aliphatic heterocycles. The van der Waals surface area contributed by atoms with Gasteiger partial charge in [-0.15, -0.1) is 0 Å². The molecule has 0 saturated carbocycles. The summed E-state index contributed by atoms with van der Waals surface area (Å²) in [6.07, 6.45) is 6.75. The highest BCUT2D eigenvalue weighted by molar-refractivity contribution is 6.04. The first-order valence-electron chi connectivity index (χ1n) is 8.63. The fraction of sp³-hybridized carbons (Fsp3) is 0.333. The Hall–Kier alpha value is -2.62. The van der Waals surface area contributed by atoms with E-state index in [9.17, 15) is 9.59 Å². The van der Waals surface area contributed by atoms with Crippen molar-refractivity contribution in [2.45, 2.75) is 32.7 Å². The maximum Gasteiger partial charge on any atom is 0.256 e. The van der Waals surface area contributed by atoms with Gasteiger partial charge < -0.3 is 9.80 Å². The smallest absolute Gasteiger partial charge is 0.256 e. The van der Waals surface area contributed by atoms with Crippen molar-refractivity contribution in [2.24, 2.45) is 0 Å². The molecule has 1 unspecified atom stereocenters. The van der Waals surface area contributed by atoms with E-state index in [2.05, 4.69) is 18.7 Å². The largest absolute Gasteiger partial charge is 0.327 e. The zero-order chi connectivity index (χ0) is 18.4. The van der Waals surface area contributed by atoms with E-state index in [-0.39, 0.29) is 11.8 Å². The lowest BCUT2D eigenvalue weighted by Gasteiger charge is -2.26. The van der Waals surface area contributed by atoms with Crippen molar-refractivity contribution in [1.29, 1.82) is 0 Å². The highest BCUT2D eigenvalue weighted by Gasteiger charge is 2.36. The van der Waals surface area contributed by atoms with E-state index in [0.29, 0.717) is 17.8 Å². The minimum atomic E-state index is -0.487. The molecule has 0 radical (unpaired) electrons. The molecular weight excluding hydrogens is 312 g/mol. The summed E-state index contributed by atoms with van der Waals surface area (Å²) in [5.41, 5.74) is 2.38. The van der Waals surface area contributed by atoms with Crippen LogP contribution in [0.4, 0.5) is 0 Å². The number of amides is 2. The van der Waals surface area contributed by atoms with Crippen molar-refractivity contribution in [3.05, 3.63) is 72.0 Å². The van der Waals surface area contributed by atoms with Crippen LogP contribution in [0.15, 0.2) is 66.4 Å². The van der Waals surface area contributed by atoms with E-state index in [0.717, 1.165) is 12.8 Å². The van der Waals surface area contributed by atoms with Crippen LogP contribution in [0.2, 0.25) is 0 Å². The van der Waals surface area contributed by atoms with Gasteiger partial charge in [0.2, 0.25) is 5.91 Å². The standard InChI is InChI=1S/C21H26N2O2/c1-5-11-18-19(6-2)22(4)20(24)16(3)23(21(18)25)15-10-14-17-12-8-7-9-13-17/h5-9,11-13,16H,1,10,14-15H2,2-4H3/b18-11+,19-6+. The summed E-state index contributed by atoms with van der Waals surface area (Å²) < 4.78 is 0.